The number of ether oxygens (including phenoxy) is 4. The van der Waals surface area contributed by atoms with Crippen molar-refractivity contribution in [3.63, 3.8) is 0 Å². The second kappa shape index (κ2) is 17.7. The molecule has 2 aromatic rings. The number of carbonyl (C=O) groups is 4. The second-order valence-electron chi connectivity index (χ2n) is 8.94. The van der Waals surface area contributed by atoms with E-state index < -0.39 is 37.4 Å². The molecule has 0 saturated heterocycles. The van der Waals surface area contributed by atoms with Crippen molar-refractivity contribution in [1.82, 2.24) is 0 Å². The summed E-state index contributed by atoms with van der Waals surface area (Å²) in [7, 11) is -4.01. The minimum absolute atomic E-state index is 0.0155. The van der Waals surface area contributed by atoms with Gasteiger partial charge in [0.05, 0.1) is 25.3 Å². The zero-order chi connectivity index (χ0) is 31.0. The van der Waals surface area contributed by atoms with Gasteiger partial charge in [0.1, 0.15) is 24.7 Å². The second-order valence-corrected chi connectivity index (χ2v) is 11.0. The summed E-state index contributed by atoms with van der Waals surface area (Å²) in [6.45, 7) is 9.21. The van der Waals surface area contributed by atoms with Gasteiger partial charge in [-0.3, -0.25) is 23.7 Å². The van der Waals surface area contributed by atoms with Crippen LogP contribution in [-0.2, 0) is 55.5 Å². The molecule has 0 aliphatic heterocycles. The fraction of sp³-hybridized carbons (Fsp3) is 0.333. The van der Waals surface area contributed by atoms with Gasteiger partial charge in [-0.05, 0) is 41.8 Å². The molecule has 42 heavy (non-hydrogen) atoms. The van der Waals surface area contributed by atoms with E-state index in [4.69, 9.17) is 28.0 Å². The van der Waals surface area contributed by atoms with Gasteiger partial charge in [0.25, 0.3) is 0 Å². The molecular formula is C30H35O11P. The molecule has 11 nitrogen and oxygen atoms in total. The van der Waals surface area contributed by atoms with Crippen LogP contribution >= 0.6 is 7.60 Å². The Morgan fingerprint density at radius 1 is 0.762 bits per heavy atom. The maximum atomic E-state index is 14.0. The minimum Gasteiger partial charge on any atom is -0.461 e. The summed E-state index contributed by atoms with van der Waals surface area (Å²) >= 11 is 0. The summed E-state index contributed by atoms with van der Waals surface area (Å²) in [4.78, 5) is 47.3. The van der Waals surface area contributed by atoms with Crippen LogP contribution in [-0.4, -0.2) is 43.3 Å². The topological polar surface area (TPSA) is 141 Å². The molecule has 0 aromatic heterocycles. The highest BCUT2D eigenvalue weighted by molar-refractivity contribution is 7.53. The molecule has 0 N–H and O–H groups in total. The summed E-state index contributed by atoms with van der Waals surface area (Å²) in [5.41, 5.74) is 1.19. The van der Waals surface area contributed by atoms with E-state index in [1.54, 1.807) is 48.5 Å². The van der Waals surface area contributed by atoms with Crippen LogP contribution in [0.15, 0.2) is 73.8 Å². The molecule has 1 unspecified atom stereocenters. The predicted molar refractivity (Wildman–Crippen MR) is 153 cm³/mol. The van der Waals surface area contributed by atoms with Gasteiger partial charge >= 0.3 is 31.5 Å². The summed E-state index contributed by atoms with van der Waals surface area (Å²) in [6.07, 6.45) is 2.25. The van der Waals surface area contributed by atoms with Crippen molar-refractivity contribution in [3.8, 4) is 11.5 Å². The lowest BCUT2D eigenvalue weighted by Gasteiger charge is -2.23. The molecule has 0 spiro atoms. The Hall–Kier alpha value is -4.05. The van der Waals surface area contributed by atoms with Crippen LogP contribution in [0.3, 0.4) is 0 Å². The first-order valence-corrected chi connectivity index (χ1v) is 14.7. The standard InChI is InChI=1S/C30H35O11P/c1-5-17-36-29(33)16-11-26(30(34)37-18-6-2)21-42(35,38-19-24-7-12-27(13-8-24)40-22(3)31)39-20-25-9-14-28(15-10-25)41-23(4)32/h5-10,12-15,26H,1-2,11,16-21H2,3-4H3. The molecule has 2 rings (SSSR count). The summed E-state index contributed by atoms with van der Waals surface area (Å²) in [5.74, 6) is -2.57. The molecule has 0 aliphatic rings. The Balaban J connectivity index is 2.24. The van der Waals surface area contributed by atoms with E-state index in [1.165, 1.54) is 26.0 Å². The third-order valence-electron chi connectivity index (χ3n) is 5.41. The third kappa shape index (κ3) is 13.1. The Kier molecular flexibility index (Phi) is 14.4. The van der Waals surface area contributed by atoms with Gasteiger partial charge in [-0.1, -0.05) is 49.6 Å². The van der Waals surface area contributed by atoms with E-state index in [-0.39, 0.29) is 45.4 Å². The van der Waals surface area contributed by atoms with E-state index in [1.807, 2.05) is 0 Å². The Morgan fingerprint density at radius 2 is 1.21 bits per heavy atom. The number of hydrogen-bond donors (Lipinski definition) is 0. The van der Waals surface area contributed by atoms with Gasteiger partial charge in [0, 0.05) is 20.3 Å². The molecule has 2 aromatic carbocycles. The SMILES string of the molecule is C=CCOC(=O)CCC(CP(=O)(OCc1ccc(OC(C)=O)cc1)OCc1ccc(OC(C)=O)cc1)C(=O)OCC=C. The first-order chi connectivity index (χ1) is 20.0. The molecule has 0 bridgehead atoms. The molecule has 0 fully saturated rings. The van der Waals surface area contributed by atoms with Crippen LogP contribution in [0.25, 0.3) is 0 Å². The lowest BCUT2D eigenvalue weighted by molar-refractivity contribution is -0.148. The van der Waals surface area contributed by atoms with Gasteiger partial charge in [-0.15, -0.1) is 0 Å². The predicted octanol–water partition coefficient (Wildman–Crippen LogP) is 5.32. The van der Waals surface area contributed by atoms with Crippen molar-refractivity contribution in [2.75, 3.05) is 19.4 Å². The average molecular weight is 603 g/mol. The van der Waals surface area contributed by atoms with Gasteiger partial charge in [0.15, 0.2) is 0 Å². The fourth-order valence-corrected chi connectivity index (χ4v) is 5.30. The first kappa shape index (κ1) is 34.2. The molecule has 0 amide bonds. The van der Waals surface area contributed by atoms with Gasteiger partial charge < -0.3 is 28.0 Å². The Labute approximate surface area is 244 Å². The van der Waals surface area contributed by atoms with Crippen molar-refractivity contribution in [2.45, 2.75) is 39.9 Å². The molecule has 226 valence electrons. The molecular weight excluding hydrogens is 567 g/mol. The minimum atomic E-state index is -4.01. The Bertz CT molecular complexity index is 1200. The molecule has 0 heterocycles. The number of rotatable bonds is 18. The number of esters is 4. The van der Waals surface area contributed by atoms with Crippen LogP contribution in [0.2, 0.25) is 0 Å². The highest BCUT2D eigenvalue weighted by Crippen LogP contribution is 2.52. The van der Waals surface area contributed by atoms with Crippen LogP contribution < -0.4 is 9.47 Å². The molecule has 0 radical (unpaired) electrons. The average Bonchev–Trinajstić information content (AvgIpc) is 2.95. The number of carbonyl (C=O) groups excluding carboxylic acids is 4. The lowest BCUT2D eigenvalue weighted by Crippen LogP contribution is -2.24. The molecule has 12 heteroatoms. The van der Waals surface area contributed by atoms with Crippen LogP contribution in [0.1, 0.15) is 37.8 Å². The lowest BCUT2D eigenvalue weighted by atomic mass is 10.1. The van der Waals surface area contributed by atoms with Crippen molar-refractivity contribution < 1.29 is 51.7 Å². The summed E-state index contributed by atoms with van der Waals surface area (Å²) < 4.78 is 45.9. The molecule has 1 atom stereocenters. The molecule has 0 aliphatic carbocycles. The maximum absolute atomic E-state index is 14.0. The van der Waals surface area contributed by atoms with Crippen LogP contribution in [0, 0.1) is 5.92 Å². The highest BCUT2D eigenvalue weighted by atomic mass is 31.2. The summed E-state index contributed by atoms with van der Waals surface area (Å²) in [6, 6.07) is 12.7. The molecule has 0 saturated carbocycles. The zero-order valence-corrected chi connectivity index (χ0v) is 24.5. The monoisotopic (exact) mass is 602 g/mol. The fourth-order valence-electron chi connectivity index (χ4n) is 3.46. The van der Waals surface area contributed by atoms with E-state index in [0.29, 0.717) is 22.6 Å². The van der Waals surface area contributed by atoms with Crippen LogP contribution in [0.4, 0.5) is 0 Å². The van der Waals surface area contributed by atoms with Crippen molar-refractivity contribution in [2.24, 2.45) is 5.92 Å². The zero-order valence-electron chi connectivity index (χ0n) is 23.7. The highest BCUT2D eigenvalue weighted by Gasteiger charge is 2.34. The van der Waals surface area contributed by atoms with Gasteiger partial charge in [-0.2, -0.15) is 0 Å². The smallest absolute Gasteiger partial charge is 0.332 e. The van der Waals surface area contributed by atoms with Crippen molar-refractivity contribution in [1.29, 1.82) is 0 Å². The van der Waals surface area contributed by atoms with E-state index in [9.17, 15) is 23.7 Å². The van der Waals surface area contributed by atoms with E-state index >= 15 is 0 Å². The number of benzene rings is 2. The maximum Gasteiger partial charge on any atom is 0.332 e. The normalized spacial score (nSPS) is 11.6. The quantitative estimate of drug-likeness (QED) is 0.0947. The van der Waals surface area contributed by atoms with Crippen molar-refractivity contribution in [3.05, 3.63) is 85.0 Å². The van der Waals surface area contributed by atoms with E-state index in [0.717, 1.165) is 0 Å². The van der Waals surface area contributed by atoms with Gasteiger partial charge in [-0.25, -0.2) is 0 Å². The third-order valence-corrected chi connectivity index (χ3v) is 7.34. The first-order valence-electron chi connectivity index (χ1n) is 13.0. The van der Waals surface area contributed by atoms with Gasteiger partial charge in [0.2, 0.25) is 0 Å². The summed E-state index contributed by atoms with van der Waals surface area (Å²) in [5, 5.41) is 0. The van der Waals surface area contributed by atoms with Crippen LogP contribution in [0.5, 0.6) is 11.5 Å². The van der Waals surface area contributed by atoms with Crippen molar-refractivity contribution >= 4 is 31.5 Å². The largest absolute Gasteiger partial charge is 0.461 e. The van der Waals surface area contributed by atoms with E-state index in [2.05, 4.69) is 13.2 Å². The Morgan fingerprint density at radius 3 is 1.64 bits per heavy atom. The number of hydrogen-bond acceptors (Lipinski definition) is 11.